The summed E-state index contributed by atoms with van der Waals surface area (Å²) in [6, 6.07) is 0. The summed E-state index contributed by atoms with van der Waals surface area (Å²) in [7, 11) is 0. The predicted octanol–water partition coefficient (Wildman–Crippen LogP) is 0.0898. The Morgan fingerprint density at radius 1 is 1.44 bits per heavy atom. The number of ether oxygens (including phenoxy) is 1. The van der Waals surface area contributed by atoms with Crippen LogP contribution in [-0.4, -0.2) is 44.0 Å². The molecule has 16 heavy (non-hydrogen) atoms. The molecule has 5 nitrogen and oxygen atoms in total. The van der Waals surface area contributed by atoms with E-state index in [4.69, 9.17) is 15.6 Å². The first-order valence-corrected chi connectivity index (χ1v) is 6.05. The molecule has 1 aliphatic carbocycles. The van der Waals surface area contributed by atoms with Gasteiger partial charge >= 0.3 is 0 Å². The van der Waals surface area contributed by atoms with Gasteiger partial charge in [-0.15, -0.1) is 0 Å². The third-order valence-electron chi connectivity index (χ3n) is 2.75. The van der Waals surface area contributed by atoms with E-state index in [9.17, 15) is 0 Å². The number of nitrogens with one attached hydrogen (secondary N) is 1. The van der Waals surface area contributed by atoms with E-state index in [0.717, 1.165) is 25.4 Å². The van der Waals surface area contributed by atoms with E-state index in [1.807, 2.05) is 0 Å². The highest BCUT2D eigenvalue weighted by molar-refractivity contribution is 5.77. The van der Waals surface area contributed by atoms with Crippen molar-refractivity contribution < 1.29 is 9.84 Å². The molecule has 5 heteroatoms. The van der Waals surface area contributed by atoms with Crippen molar-refractivity contribution in [3.63, 3.8) is 0 Å². The molecule has 0 saturated heterocycles. The standard InChI is InChI=1S/C11H23N3O2/c12-11(14-9-10-3-1-4-10)13-5-2-7-16-8-6-15/h10,15H,1-9H2,(H3,12,13,14). The summed E-state index contributed by atoms with van der Waals surface area (Å²) in [5, 5.41) is 11.5. The van der Waals surface area contributed by atoms with E-state index in [-0.39, 0.29) is 6.61 Å². The molecule has 1 fully saturated rings. The van der Waals surface area contributed by atoms with E-state index in [1.165, 1.54) is 19.3 Å². The molecule has 0 radical (unpaired) electrons. The number of guanidine groups is 1. The molecule has 1 saturated carbocycles. The molecule has 0 spiro atoms. The third-order valence-corrected chi connectivity index (χ3v) is 2.75. The highest BCUT2D eigenvalue weighted by Crippen LogP contribution is 2.26. The molecule has 0 heterocycles. The van der Waals surface area contributed by atoms with E-state index >= 15 is 0 Å². The smallest absolute Gasteiger partial charge is 0.188 e. The van der Waals surface area contributed by atoms with Crippen molar-refractivity contribution in [1.82, 2.24) is 5.32 Å². The summed E-state index contributed by atoms with van der Waals surface area (Å²) in [5.74, 6) is 1.29. The molecular weight excluding hydrogens is 206 g/mol. The second-order valence-electron chi connectivity index (χ2n) is 4.14. The minimum Gasteiger partial charge on any atom is -0.394 e. The fourth-order valence-electron chi connectivity index (χ4n) is 1.52. The monoisotopic (exact) mass is 229 g/mol. The minimum atomic E-state index is 0.0818. The zero-order valence-corrected chi connectivity index (χ0v) is 9.82. The van der Waals surface area contributed by atoms with Crippen LogP contribution < -0.4 is 11.1 Å². The molecule has 0 aromatic rings. The van der Waals surface area contributed by atoms with Crippen LogP contribution in [0.4, 0.5) is 0 Å². The van der Waals surface area contributed by atoms with Crippen molar-refractivity contribution in [3.8, 4) is 0 Å². The second kappa shape index (κ2) is 8.35. The summed E-state index contributed by atoms with van der Waals surface area (Å²) >= 11 is 0. The summed E-state index contributed by atoms with van der Waals surface area (Å²) in [5.41, 5.74) is 5.70. The van der Waals surface area contributed by atoms with Gasteiger partial charge in [0.15, 0.2) is 5.96 Å². The van der Waals surface area contributed by atoms with Gasteiger partial charge in [0.25, 0.3) is 0 Å². The van der Waals surface area contributed by atoms with Crippen molar-refractivity contribution in [2.24, 2.45) is 16.6 Å². The van der Waals surface area contributed by atoms with Crippen LogP contribution in [0.5, 0.6) is 0 Å². The maximum Gasteiger partial charge on any atom is 0.188 e. The lowest BCUT2D eigenvalue weighted by Gasteiger charge is -2.23. The molecule has 0 unspecified atom stereocenters. The Balaban J connectivity index is 1.90. The van der Waals surface area contributed by atoms with Gasteiger partial charge in [-0.25, -0.2) is 0 Å². The van der Waals surface area contributed by atoms with Crippen LogP contribution in [0, 0.1) is 5.92 Å². The molecule has 0 atom stereocenters. The maximum absolute atomic E-state index is 8.48. The Kier molecular flexibility index (Phi) is 6.92. The van der Waals surface area contributed by atoms with Crippen molar-refractivity contribution in [3.05, 3.63) is 0 Å². The van der Waals surface area contributed by atoms with Crippen molar-refractivity contribution in [2.75, 3.05) is 32.9 Å². The van der Waals surface area contributed by atoms with Gasteiger partial charge in [-0.2, -0.15) is 0 Å². The largest absolute Gasteiger partial charge is 0.394 e. The molecule has 1 rings (SSSR count). The van der Waals surface area contributed by atoms with Gasteiger partial charge in [-0.05, 0) is 25.2 Å². The molecule has 94 valence electrons. The molecule has 0 aliphatic heterocycles. The van der Waals surface area contributed by atoms with Gasteiger partial charge in [0, 0.05) is 19.7 Å². The average Bonchev–Trinajstić information content (AvgIpc) is 2.21. The van der Waals surface area contributed by atoms with Gasteiger partial charge in [-0.1, -0.05) is 6.42 Å². The number of hydrogen-bond acceptors (Lipinski definition) is 3. The van der Waals surface area contributed by atoms with Crippen LogP contribution in [0.3, 0.4) is 0 Å². The van der Waals surface area contributed by atoms with Crippen molar-refractivity contribution in [1.29, 1.82) is 0 Å². The van der Waals surface area contributed by atoms with Crippen molar-refractivity contribution in [2.45, 2.75) is 25.7 Å². The lowest BCUT2D eigenvalue weighted by molar-refractivity contribution is 0.0912. The normalized spacial score (nSPS) is 17.2. The Hall–Kier alpha value is -0.810. The van der Waals surface area contributed by atoms with Crippen LogP contribution in [0.2, 0.25) is 0 Å². The summed E-state index contributed by atoms with van der Waals surface area (Å²) < 4.78 is 5.12. The van der Waals surface area contributed by atoms with Gasteiger partial charge in [0.1, 0.15) is 0 Å². The predicted molar refractivity (Wildman–Crippen MR) is 64.4 cm³/mol. The second-order valence-corrected chi connectivity index (χ2v) is 4.14. The molecule has 0 amide bonds. The molecule has 1 aliphatic rings. The van der Waals surface area contributed by atoms with Crippen molar-refractivity contribution >= 4 is 5.96 Å². The van der Waals surface area contributed by atoms with E-state index in [2.05, 4.69) is 10.3 Å². The molecule has 0 bridgehead atoms. The lowest BCUT2D eigenvalue weighted by atomic mass is 9.86. The Bertz CT molecular complexity index is 205. The number of rotatable bonds is 8. The van der Waals surface area contributed by atoms with Gasteiger partial charge in [0.2, 0.25) is 0 Å². The van der Waals surface area contributed by atoms with Crippen LogP contribution in [-0.2, 0) is 4.74 Å². The average molecular weight is 229 g/mol. The molecule has 0 aromatic heterocycles. The zero-order valence-electron chi connectivity index (χ0n) is 9.82. The fraction of sp³-hybridized carbons (Fsp3) is 0.909. The molecule has 4 N–H and O–H groups in total. The quantitative estimate of drug-likeness (QED) is 0.313. The van der Waals surface area contributed by atoms with E-state index < -0.39 is 0 Å². The SMILES string of the molecule is NC(=NCC1CCC1)NCCCOCCO. The Labute approximate surface area is 97.1 Å². The van der Waals surface area contributed by atoms with Crippen LogP contribution >= 0.6 is 0 Å². The number of nitrogens with zero attached hydrogens (tertiary/aromatic N) is 1. The van der Waals surface area contributed by atoms with E-state index in [0.29, 0.717) is 19.2 Å². The van der Waals surface area contributed by atoms with E-state index in [1.54, 1.807) is 0 Å². The number of aliphatic imine (C=N–C) groups is 1. The first-order chi connectivity index (χ1) is 7.83. The van der Waals surface area contributed by atoms with Crippen LogP contribution in [0.15, 0.2) is 4.99 Å². The van der Waals surface area contributed by atoms with Gasteiger partial charge in [0.05, 0.1) is 13.2 Å². The Morgan fingerprint density at radius 2 is 2.25 bits per heavy atom. The zero-order chi connectivity index (χ0) is 11.6. The molecular formula is C11H23N3O2. The minimum absolute atomic E-state index is 0.0818. The third kappa shape index (κ3) is 5.92. The fourth-order valence-corrected chi connectivity index (χ4v) is 1.52. The number of aliphatic hydroxyl groups excluding tert-OH is 1. The highest BCUT2D eigenvalue weighted by atomic mass is 16.5. The number of aliphatic hydroxyl groups is 1. The van der Waals surface area contributed by atoms with Crippen LogP contribution in [0.1, 0.15) is 25.7 Å². The first kappa shape index (κ1) is 13.3. The summed E-state index contributed by atoms with van der Waals surface area (Å²) in [6.07, 6.45) is 4.81. The topological polar surface area (TPSA) is 79.9 Å². The molecule has 0 aromatic carbocycles. The number of nitrogens with two attached hydrogens (primary N) is 1. The Morgan fingerprint density at radius 3 is 2.88 bits per heavy atom. The number of hydrogen-bond donors (Lipinski definition) is 3. The lowest BCUT2D eigenvalue weighted by Crippen LogP contribution is -2.33. The summed E-state index contributed by atoms with van der Waals surface area (Å²) in [4.78, 5) is 4.28. The van der Waals surface area contributed by atoms with Crippen LogP contribution in [0.25, 0.3) is 0 Å². The van der Waals surface area contributed by atoms with Gasteiger partial charge in [-0.3, -0.25) is 4.99 Å². The first-order valence-electron chi connectivity index (χ1n) is 6.05. The summed E-state index contributed by atoms with van der Waals surface area (Å²) in [6.45, 7) is 2.76. The highest BCUT2D eigenvalue weighted by Gasteiger charge is 2.16. The van der Waals surface area contributed by atoms with Gasteiger partial charge < -0.3 is 20.9 Å². The maximum atomic E-state index is 8.48.